The summed E-state index contributed by atoms with van der Waals surface area (Å²) in [4.78, 5) is 15.5. The van der Waals surface area contributed by atoms with E-state index < -0.39 is 0 Å². The van der Waals surface area contributed by atoms with Crippen molar-refractivity contribution in [1.29, 1.82) is 5.41 Å². The van der Waals surface area contributed by atoms with E-state index in [4.69, 9.17) is 5.41 Å². The number of anilines is 3. The molecule has 0 bridgehead atoms. The maximum atomic E-state index is 12.1. The lowest BCUT2D eigenvalue weighted by Gasteiger charge is -2.10. The van der Waals surface area contributed by atoms with Gasteiger partial charge in [0, 0.05) is 30.7 Å². The fourth-order valence-electron chi connectivity index (χ4n) is 3.61. The van der Waals surface area contributed by atoms with Gasteiger partial charge in [-0.2, -0.15) is 0 Å². The van der Waals surface area contributed by atoms with E-state index in [0.29, 0.717) is 12.4 Å². The molecule has 0 radical (unpaired) electrons. The quantitative estimate of drug-likeness (QED) is 0.156. The number of aromatic amines is 1. The molecule has 0 atom stereocenters. The second kappa shape index (κ2) is 10.9. The number of H-pyrrole nitrogens is 1. The van der Waals surface area contributed by atoms with E-state index in [1.54, 1.807) is 0 Å². The van der Waals surface area contributed by atoms with Gasteiger partial charge >= 0.3 is 6.03 Å². The smallest absolute Gasteiger partial charge is 0.323 e. The average molecular weight is 453 g/mol. The number of aromatic nitrogens is 1. The summed E-state index contributed by atoms with van der Waals surface area (Å²) in [5.41, 5.74) is 6.21. The van der Waals surface area contributed by atoms with Crippen LogP contribution < -0.4 is 21.3 Å². The first-order valence-electron chi connectivity index (χ1n) is 11.1. The van der Waals surface area contributed by atoms with Gasteiger partial charge < -0.3 is 26.3 Å². The van der Waals surface area contributed by atoms with Crippen LogP contribution in [0.4, 0.5) is 21.9 Å². The number of amides is 2. The molecule has 0 aliphatic heterocycles. The van der Waals surface area contributed by atoms with E-state index in [9.17, 15) is 4.79 Å². The normalized spacial score (nSPS) is 10.4. The summed E-state index contributed by atoms with van der Waals surface area (Å²) in [6.07, 6.45) is 0.750. The van der Waals surface area contributed by atoms with E-state index in [1.165, 1.54) is 0 Å². The van der Waals surface area contributed by atoms with Gasteiger partial charge in [-0.15, -0.1) is 0 Å². The molecule has 4 rings (SSSR count). The average Bonchev–Trinajstić information content (AvgIpc) is 3.31. The number of carbonyl (C=O) groups excluding carboxylic acids is 1. The largest absolute Gasteiger partial charge is 0.386 e. The van der Waals surface area contributed by atoms with Crippen molar-refractivity contribution < 1.29 is 4.79 Å². The summed E-state index contributed by atoms with van der Waals surface area (Å²) in [7, 11) is 1.85. The summed E-state index contributed by atoms with van der Waals surface area (Å²) in [6.45, 7) is 0.614. The monoisotopic (exact) mass is 452 g/mol. The van der Waals surface area contributed by atoms with Crippen LogP contribution in [0.25, 0.3) is 11.3 Å². The predicted molar refractivity (Wildman–Crippen MR) is 140 cm³/mol. The third-order valence-corrected chi connectivity index (χ3v) is 5.38. The fraction of sp³-hybridized carbons (Fsp3) is 0.111. The van der Waals surface area contributed by atoms with Crippen LogP contribution in [0.2, 0.25) is 0 Å². The van der Waals surface area contributed by atoms with Gasteiger partial charge in [0.1, 0.15) is 11.5 Å². The molecule has 7 heteroatoms. The Bertz CT molecular complexity index is 1230. The molecule has 7 nitrogen and oxygen atoms in total. The molecular formula is C27H28N6O. The third kappa shape index (κ3) is 5.83. The van der Waals surface area contributed by atoms with Crippen molar-refractivity contribution in [3.8, 4) is 11.3 Å². The number of benzene rings is 3. The highest BCUT2D eigenvalue weighted by Crippen LogP contribution is 2.25. The van der Waals surface area contributed by atoms with E-state index in [1.807, 2.05) is 98.0 Å². The molecule has 0 saturated heterocycles. The summed E-state index contributed by atoms with van der Waals surface area (Å²) in [5.74, 6) is 0.336. The minimum atomic E-state index is -0.282. The highest BCUT2D eigenvalue weighted by Gasteiger charge is 2.12. The first-order valence-corrected chi connectivity index (χ1v) is 11.1. The van der Waals surface area contributed by atoms with Gasteiger partial charge in [-0.1, -0.05) is 60.7 Å². The van der Waals surface area contributed by atoms with E-state index in [2.05, 4.69) is 26.3 Å². The molecule has 2 amide bonds. The molecule has 3 aromatic carbocycles. The highest BCUT2D eigenvalue weighted by molar-refractivity contribution is 6.01. The maximum absolute atomic E-state index is 12.1. The standard InChI is InChI=1S/C27H28N6O/c1-29-24-18-23(20-8-4-2-5-9-20)33-25(24)26(28)30-17-16-19-12-14-22(15-13-19)32-27(34)31-21-10-6-3-7-11-21/h2-15,18,29,33H,16-17H2,1H3,(H2,28,30)(H2,31,32,34). The Hall–Kier alpha value is -4.52. The SMILES string of the molecule is CNc1cc(-c2ccccc2)[nH]c1C(=N)NCCc1ccc(NC(=O)Nc2ccccc2)cc1. The Morgan fingerprint density at radius 3 is 2.12 bits per heavy atom. The molecule has 172 valence electrons. The highest BCUT2D eigenvalue weighted by atomic mass is 16.2. The zero-order valence-electron chi connectivity index (χ0n) is 19.0. The minimum absolute atomic E-state index is 0.282. The second-order valence-electron chi connectivity index (χ2n) is 7.78. The summed E-state index contributed by atoms with van der Waals surface area (Å²) in [5, 5.41) is 20.5. The number of hydrogen-bond donors (Lipinski definition) is 6. The lowest BCUT2D eigenvalue weighted by Crippen LogP contribution is -2.26. The number of carbonyl (C=O) groups is 1. The van der Waals surface area contributed by atoms with Gasteiger partial charge in [-0.3, -0.25) is 5.41 Å². The minimum Gasteiger partial charge on any atom is -0.386 e. The van der Waals surface area contributed by atoms with Crippen molar-refractivity contribution >= 4 is 28.9 Å². The van der Waals surface area contributed by atoms with Crippen molar-refractivity contribution in [2.24, 2.45) is 0 Å². The van der Waals surface area contributed by atoms with Crippen LogP contribution in [0.3, 0.4) is 0 Å². The van der Waals surface area contributed by atoms with Crippen LogP contribution in [0.1, 0.15) is 11.3 Å². The summed E-state index contributed by atoms with van der Waals surface area (Å²) < 4.78 is 0. The zero-order chi connectivity index (χ0) is 23.8. The first-order chi connectivity index (χ1) is 16.6. The lowest BCUT2D eigenvalue weighted by atomic mass is 10.1. The molecule has 34 heavy (non-hydrogen) atoms. The van der Waals surface area contributed by atoms with E-state index in [0.717, 1.165) is 46.0 Å². The summed E-state index contributed by atoms with van der Waals surface area (Å²) in [6, 6.07) is 28.8. The van der Waals surface area contributed by atoms with Crippen LogP contribution in [0, 0.1) is 5.41 Å². The third-order valence-electron chi connectivity index (χ3n) is 5.38. The van der Waals surface area contributed by atoms with Crippen LogP contribution in [-0.2, 0) is 6.42 Å². The van der Waals surface area contributed by atoms with Gasteiger partial charge in [-0.05, 0) is 47.9 Å². The molecule has 1 aromatic heterocycles. The Labute approximate surface area is 199 Å². The Morgan fingerprint density at radius 2 is 1.47 bits per heavy atom. The molecule has 0 fully saturated rings. The van der Waals surface area contributed by atoms with E-state index >= 15 is 0 Å². The maximum Gasteiger partial charge on any atom is 0.323 e. The Morgan fingerprint density at radius 1 is 0.853 bits per heavy atom. The number of amidine groups is 1. The Kier molecular flexibility index (Phi) is 7.25. The molecule has 0 aliphatic rings. The van der Waals surface area contributed by atoms with E-state index in [-0.39, 0.29) is 6.03 Å². The van der Waals surface area contributed by atoms with Crippen molar-refractivity contribution in [3.63, 3.8) is 0 Å². The molecule has 1 heterocycles. The first kappa shape index (κ1) is 22.7. The van der Waals surface area contributed by atoms with Crippen molar-refractivity contribution in [2.45, 2.75) is 6.42 Å². The number of nitrogens with one attached hydrogen (secondary N) is 6. The molecule has 0 unspecified atom stereocenters. The number of para-hydroxylation sites is 1. The number of hydrogen-bond acceptors (Lipinski definition) is 3. The van der Waals surface area contributed by atoms with Gasteiger partial charge in [0.15, 0.2) is 0 Å². The van der Waals surface area contributed by atoms with Crippen LogP contribution in [0.5, 0.6) is 0 Å². The zero-order valence-corrected chi connectivity index (χ0v) is 19.0. The van der Waals surface area contributed by atoms with Crippen molar-refractivity contribution in [1.82, 2.24) is 10.3 Å². The summed E-state index contributed by atoms with van der Waals surface area (Å²) >= 11 is 0. The van der Waals surface area contributed by atoms with Gasteiger partial charge in [0.2, 0.25) is 0 Å². The Balaban J connectivity index is 1.28. The number of urea groups is 1. The molecule has 6 N–H and O–H groups in total. The number of rotatable bonds is 8. The topological polar surface area (TPSA) is 105 Å². The fourth-order valence-corrected chi connectivity index (χ4v) is 3.61. The molecule has 0 spiro atoms. The van der Waals surface area contributed by atoms with Crippen molar-refractivity contribution in [2.75, 3.05) is 29.5 Å². The second-order valence-corrected chi connectivity index (χ2v) is 7.78. The predicted octanol–water partition coefficient (Wildman–Crippen LogP) is 5.53. The molecule has 4 aromatic rings. The molecule has 0 saturated carbocycles. The van der Waals surface area contributed by atoms with Gasteiger partial charge in [0.05, 0.1) is 5.69 Å². The van der Waals surface area contributed by atoms with Gasteiger partial charge in [0.25, 0.3) is 0 Å². The van der Waals surface area contributed by atoms with Crippen LogP contribution in [0.15, 0.2) is 91.0 Å². The molecule has 0 aliphatic carbocycles. The molecular weight excluding hydrogens is 424 g/mol. The van der Waals surface area contributed by atoms with Gasteiger partial charge in [-0.25, -0.2) is 4.79 Å². The van der Waals surface area contributed by atoms with Crippen LogP contribution >= 0.6 is 0 Å². The lowest BCUT2D eigenvalue weighted by molar-refractivity contribution is 0.262. The van der Waals surface area contributed by atoms with Crippen LogP contribution in [-0.4, -0.2) is 30.4 Å². The van der Waals surface area contributed by atoms with Crippen molar-refractivity contribution in [3.05, 3.63) is 102 Å².